The van der Waals surface area contributed by atoms with Crippen molar-refractivity contribution in [1.29, 1.82) is 0 Å². The Bertz CT molecular complexity index is 425. The van der Waals surface area contributed by atoms with Crippen molar-refractivity contribution in [1.82, 2.24) is 10.7 Å². The summed E-state index contributed by atoms with van der Waals surface area (Å²) in [5.41, 5.74) is 2.74. The monoisotopic (exact) mass is 267 g/mol. The first-order chi connectivity index (χ1) is 8.74. The summed E-state index contributed by atoms with van der Waals surface area (Å²) in [7, 11) is 0. The summed E-state index contributed by atoms with van der Waals surface area (Å²) in [6.45, 7) is 3.46. The van der Waals surface area contributed by atoms with E-state index in [1.165, 1.54) is 0 Å². The summed E-state index contributed by atoms with van der Waals surface area (Å²) < 4.78 is 10.8. The van der Waals surface area contributed by atoms with Gasteiger partial charge in [-0.3, -0.25) is 5.43 Å². The normalized spacial score (nSPS) is 19.3. The Morgan fingerprint density at radius 2 is 2.50 bits per heavy atom. The first-order valence-electron chi connectivity index (χ1n) is 5.99. The maximum Gasteiger partial charge on any atom is 0.187 e. The number of hydrogen-bond donors (Lipinski definition) is 2. The summed E-state index contributed by atoms with van der Waals surface area (Å²) in [6.07, 6.45) is 4.07. The van der Waals surface area contributed by atoms with E-state index in [9.17, 15) is 0 Å². The number of nitrogens with one attached hydrogen (secondary N) is 2. The van der Waals surface area contributed by atoms with E-state index in [0.717, 1.165) is 31.8 Å². The molecule has 0 aliphatic carbocycles. The Hall–Kier alpha value is -1.40. The van der Waals surface area contributed by atoms with E-state index >= 15 is 0 Å². The van der Waals surface area contributed by atoms with Crippen molar-refractivity contribution in [2.45, 2.75) is 25.9 Å². The van der Waals surface area contributed by atoms with Crippen LogP contribution in [0.2, 0.25) is 0 Å². The second kappa shape index (κ2) is 6.51. The number of nitrogens with zero attached hydrogens (tertiary/aromatic N) is 1. The minimum absolute atomic E-state index is 0.265. The maximum absolute atomic E-state index is 5.48. The molecule has 5 nitrogen and oxygen atoms in total. The van der Waals surface area contributed by atoms with Gasteiger partial charge in [0.2, 0.25) is 0 Å². The number of thiocarbonyl (C=S) groups is 1. The molecule has 0 aromatic carbocycles. The zero-order valence-electron chi connectivity index (χ0n) is 10.3. The molecule has 6 heteroatoms. The molecule has 0 spiro atoms. The number of furan rings is 1. The van der Waals surface area contributed by atoms with Gasteiger partial charge >= 0.3 is 0 Å². The Morgan fingerprint density at radius 3 is 3.17 bits per heavy atom. The fourth-order valence-electron chi connectivity index (χ4n) is 1.73. The summed E-state index contributed by atoms with van der Waals surface area (Å²) >= 11 is 5.09. The van der Waals surface area contributed by atoms with Crippen LogP contribution in [0, 0.1) is 6.92 Å². The van der Waals surface area contributed by atoms with Crippen LogP contribution >= 0.6 is 12.2 Å². The second-order valence-electron chi connectivity index (χ2n) is 4.16. The molecule has 1 saturated heterocycles. The number of rotatable bonds is 4. The molecule has 0 radical (unpaired) electrons. The molecule has 2 heterocycles. The van der Waals surface area contributed by atoms with E-state index in [1.54, 1.807) is 6.21 Å². The molecule has 1 aliphatic heterocycles. The van der Waals surface area contributed by atoms with Gasteiger partial charge in [0.15, 0.2) is 5.11 Å². The predicted molar refractivity (Wildman–Crippen MR) is 73.7 cm³/mol. The first-order valence-corrected chi connectivity index (χ1v) is 6.40. The molecule has 1 aliphatic rings. The van der Waals surface area contributed by atoms with E-state index in [1.807, 2.05) is 19.1 Å². The Morgan fingerprint density at radius 1 is 1.61 bits per heavy atom. The second-order valence-corrected chi connectivity index (χ2v) is 4.57. The fourth-order valence-corrected chi connectivity index (χ4v) is 1.86. The molecule has 2 N–H and O–H groups in total. The van der Waals surface area contributed by atoms with Crippen LogP contribution < -0.4 is 10.7 Å². The number of hydrazone groups is 1. The molecule has 18 heavy (non-hydrogen) atoms. The highest BCUT2D eigenvalue weighted by atomic mass is 32.1. The summed E-state index contributed by atoms with van der Waals surface area (Å²) in [4.78, 5) is 0. The van der Waals surface area contributed by atoms with E-state index < -0.39 is 0 Å². The quantitative estimate of drug-likeness (QED) is 0.492. The molecular weight excluding hydrogens is 250 g/mol. The SMILES string of the molecule is Cc1ccc(/C=N/NC(=S)NCC2CCCO2)o1. The van der Waals surface area contributed by atoms with Gasteiger partial charge in [-0.15, -0.1) is 0 Å². The lowest BCUT2D eigenvalue weighted by Crippen LogP contribution is -2.37. The van der Waals surface area contributed by atoms with Gasteiger partial charge < -0.3 is 14.5 Å². The summed E-state index contributed by atoms with van der Waals surface area (Å²) in [5, 5.41) is 7.54. The van der Waals surface area contributed by atoms with Crippen molar-refractivity contribution in [2.24, 2.45) is 5.10 Å². The minimum atomic E-state index is 0.265. The van der Waals surface area contributed by atoms with Crippen LogP contribution in [0.3, 0.4) is 0 Å². The average molecular weight is 267 g/mol. The molecule has 1 aromatic rings. The Balaban J connectivity index is 1.66. The number of aryl methyl sites for hydroxylation is 1. The molecule has 2 rings (SSSR count). The van der Waals surface area contributed by atoms with Crippen molar-refractivity contribution >= 4 is 23.5 Å². The van der Waals surface area contributed by atoms with Gasteiger partial charge in [-0.05, 0) is 44.1 Å². The van der Waals surface area contributed by atoms with Crippen molar-refractivity contribution in [3.05, 3.63) is 23.7 Å². The van der Waals surface area contributed by atoms with Gasteiger partial charge in [-0.2, -0.15) is 5.10 Å². The third-order valence-electron chi connectivity index (χ3n) is 2.63. The molecule has 1 atom stereocenters. The number of ether oxygens (including phenoxy) is 1. The Kier molecular flexibility index (Phi) is 4.72. The molecule has 98 valence electrons. The van der Waals surface area contributed by atoms with Gasteiger partial charge in [0.05, 0.1) is 12.3 Å². The van der Waals surface area contributed by atoms with Gasteiger partial charge in [0, 0.05) is 13.2 Å². The van der Waals surface area contributed by atoms with Gasteiger partial charge in [-0.25, -0.2) is 0 Å². The average Bonchev–Trinajstić information content (AvgIpc) is 2.98. The lowest BCUT2D eigenvalue weighted by molar-refractivity contribution is 0.114. The van der Waals surface area contributed by atoms with Crippen molar-refractivity contribution in [2.75, 3.05) is 13.2 Å². The third kappa shape index (κ3) is 4.12. The van der Waals surface area contributed by atoms with Crippen molar-refractivity contribution in [3.63, 3.8) is 0 Å². The highest BCUT2D eigenvalue weighted by Gasteiger charge is 2.14. The smallest absolute Gasteiger partial charge is 0.187 e. The lowest BCUT2D eigenvalue weighted by Gasteiger charge is -2.11. The molecule has 0 amide bonds. The topological polar surface area (TPSA) is 58.8 Å². The van der Waals surface area contributed by atoms with Crippen LogP contribution in [-0.4, -0.2) is 30.6 Å². The molecular formula is C12H17N3O2S. The van der Waals surface area contributed by atoms with Gasteiger partial charge in [-0.1, -0.05) is 0 Å². The van der Waals surface area contributed by atoms with E-state index in [4.69, 9.17) is 21.4 Å². The van der Waals surface area contributed by atoms with Crippen molar-refractivity contribution < 1.29 is 9.15 Å². The highest BCUT2D eigenvalue weighted by Crippen LogP contribution is 2.10. The zero-order valence-corrected chi connectivity index (χ0v) is 11.1. The molecule has 1 aromatic heterocycles. The third-order valence-corrected chi connectivity index (χ3v) is 2.87. The molecule has 1 fully saturated rings. The predicted octanol–water partition coefficient (Wildman–Crippen LogP) is 1.57. The largest absolute Gasteiger partial charge is 0.460 e. The lowest BCUT2D eigenvalue weighted by atomic mass is 10.2. The summed E-state index contributed by atoms with van der Waals surface area (Å²) in [5.74, 6) is 1.55. The Labute approximate surface area is 112 Å². The summed E-state index contributed by atoms with van der Waals surface area (Å²) in [6, 6.07) is 3.73. The zero-order chi connectivity index (χ0) is 12.8. The van der Waals surface area contributed by atoms with Gasteiger partial charge in [0.1, 0.15) is 11.5 Å². The van der Waals surface area contributed by atoms with Crippen molar-refractivity contribution in [3.8, 4) is 0 Å². The maximum atomic E-state index is 5.48. The first kappa shape index (κ1) is 13.0. The van der Waals surface area contributed by atoms with E-state index in [0.29, 0.717) is 10.9 Å². The van der Waals surface area contributed by atoms with Crippen LogP contribution in [0.15, 0.2) is 21.7 Å². The van der Waals surface area contributed by atoms with E-state index in [-0.39, 0.29) is 6.10 Å². The fraction of sp³-hybridized carbons (Fsp3) is 0.500. The minimum Gasteiger partial charge on any atom is -0.460 e. The standard InChI is InChI=1S/C12H17N3O2S/c1-9-4-5-11(17-9)8-14-15-12(18)13-7-10-3-2-6-16-10/h4-5,8,10H,2-3,6-7H2,1H3,(H2,13,15,18)/b14-8+. The molecule has 0 bridgehead atoms. The van der Waals surface area contributed by atoms with Gasteiger partial charge in [0.25, 0.3) is 0 Å². The van der Waals surface area contributed by atoms with E-state index in [2.05, 4.69) is 15.8 Å². The molecule has 0 saturated carbocycles. The molecule has 1 unspecified atom stereocenters. The van der Waals surface area contributed by atoms with Crippen LogP contribution in [0.1, 0.15) is 24.4 Å². The van der Waals surface area contributed by atoms with Crippen LogP contribution in [0.5, 0.6) is 0 Å². The number of hydrogen-bond acceptors (Lipinski definition) is 4. The van der Waals surface area contributed by atoms with Crippen LogP contribution in [0.25, 0.3) is 0 Å². The highest BCUT2D eigenvalue weighted by molar-refractivity contribution is 7.80. The van der Waals surface area contributed by atoms with Crippen LogP contribution in [-0.2, 0) is 4.74 Å². The van der Waals surface area contributed by atoms with Crippen LogP contribution in [0.4, 0.5) is 0 Å².